The Morgan fingerprint density at radius 2 is 1.74 bits per heavy atom. The van der Waals surface area contributed by atoms with Crippen molar-refractivity contribution in [1.82, 2.24) is 9.88 Å². The molecule has 35 heavy (non-hydrogen) atoms. The van der Waals surface area contributed by atoms with Crippen molar-refractivity contribution in [2.24, 2.45) is 7.05 Å². The number of carbonyl (C=O) groups excluding carboxylic acids is 2. The molecule has 8 heteroatoms. The van der Waals surface area contributed by atoms with Crippen LogP contribution in [0, 0.1) is 20.8 Å². The summed E-state index contributed by atoms with van der Waals surface area (Å²) in [5.41, 5.74) is 4.58. The maximum absolute atomic E-state index is 12.9. The molecule has 1 aromatic heterocycles. The number of hydrogen-bond donors (Lipinski definition) is 3. The molecule has 0 aliphatic rings. The third-order valence-corrected chi connectivity index (χ3v) is 5.60. The quantitative estimate of drug-likeness (QED) is 0.434. The third kappa shape index (κ3) is 6.29. The molecule has 0 unspecified atom stereocenters. The van der Waals surface area contributed by atoms with E-state index in [1.54, 1.807) is 13.8 Å². The maximum atomic E-state index is 12.9. The molecule has 1 heterocycles. The second-order valence-electron chi connectivity index (χ2n) is 8.61. The lowest BCUT2D eigenvalue weighted by Gasteiger charge is -2.20. The zero-order valence-corrected chi connectivity index (χ0v) is 20.6. The van der Waals surface area contributed by atoms with Crippen LogP contribution < -0.4 is 16.2 Å². The minimum absolute atomic E-state index is 0.102. The predicted molar refractivity (Wildman–Crippen MR) is 136 cm³/mol. The molecule has 1 atom stereocenters. The van der Waals surface area contributed by atoms with Crippen LogP contribution in [0.15, 0.2) is 53.5 Å². The topological polar surface area (TPSA) is 110 Å². The van der Waals surface area contributed by atoms with Crippen LogP contribution >= 0.6 is 0 Å². The minimum atomic E-state index is -0.728. The van der Waals surface area contributed by atoms with E-state index in [1.807, 2.05) is 38.1 Å². The van der Waals surface area contributed by atoms with Crippen LogP contribution in [0.1, 0.15) is 41.6 Å². The first-order valence-electron chi connectivity index (χ1n) is 11.4. The van der Waals surface area contributed by atoms with Gasteiger partial charge in [-0.1, -0.05) is 47.5 Å². The summed E-state index contributed by atoms with van der Waals surface area (Å²) in [6.07, 6.45) is 1.37. The number of carbonyl (C=O) groups is 2. The molecule has 3 aromatic rings. The third-order valence-electron chi connectivity index (χ3n) is 5.60. The summed E-state index contributed by atoms with van der Waals surface area (Å²) >= 11 is 0. The standard InChI is InChI=1S/C27H31N3O5/c1-6-35-23(31)14-22(28-27(34)29-24-25(32)18(4)15-30(5)26(24)33)20-9-7-8-19(13-20)21-11-16(2)10-17(3)12-21/h7-13,15,22,32H,6,14H2,1-5H3,(H2,28,29,34)/t22-/m0/s1. The summed E-state index contributed by atoms with van der Waals surface area (Å²) in [6, 6.07) is 12.3. The smallest absolute Gasteiger partial charge is 0.319 e. The Labute approximate surface area is 204 Å². The van der Waals surface area contributed by atoms with Crippen molar-refractivity contribution in [3.05, 3.63) is 81.3 Å². The number of anilines is 1. The van der Waals surface area contributed by atoms with Gasteiger partial charge in [0.2, 0.25) is 0 Å². The van der Waals surface area contributed by atoms with E-state index in [0.29, 0.717) is 11.1 Å². The lowest BCUT2D eigenvalue weighted by molar-refractivity contribution is -0.143. The number of hydrogen-bond acceptors (Lipinski definition) is 5. The van der Waals surface area contributed by atoms with E-state index in [0.717, 1.165) is 22.3 Å². The molecule has 3 rings (SSSR count). The fourth-order valence-corrected chi connectivity index (χ4v) is 4.02. The highest BCUT2D eigenvalue weighted by Gasteiger charge is 2.22. The number of urea groups is 1. The molecule has 3 N–H and O–H groups in total. The van der Waals surface area contributed by atoms with Crippen molar-refractivity contribution in [2.45, 2.75) is 40.2 Å². The van der Waals surface area contributed by atoms with Gasteiger partial charge < -0.3 is 25.0 Å². The summed E-state index contributed by atoms with van der Waals surface area (Å²) in [5, 5.41) is 15.5. The van der Waals surface area contributed by atoms with Crippen LogP contribution in [-0.4, -0.2) is 28.3 Å². The van der Waals surface area contributed by atoms with Gasteiger partial charge in [-0.15, -0.1) is 0 Å². The van der Waals surface area contributed by atoms with Crippen LogP contribution in [0.25, 0.3) is 11.1 Å². The number of aromatic hydroxyl groups is 1. The molecular formula is C27H31N3O5. The number of aromatic nitrogens is 1. The zero-order chi connectivity index (χ0) is 25.7. The minimum Gasteiger partial charge on any atom is -0.505 e. The molecule has 0 bridgehead atoms. The van der Waals surface area contributed by atoms with E-state index in [1.165, 1.54) is 17.8 Å². The fraction of sp³-hybridized carbons (Fsp3) is 0.296. The van der Waals surface area contributed by atoms with Gasteiger partial charge >= 0.3 is 12.0 Å². The lowest BCUT2D eigenvalue weighted by Crippen LogP contribution is -2.36. The van der Waals surface area contributed by atoms with Crippen molar-refractivity contribution in [1.29, 1.82) is 0 Å². The van der Waals surface area contributed by atoms with Gasteiger partial charge in [0, 0.05) is 18.8 Å². The van der Waals surface area contributed by atoms with Gasteiger partial charge in [0.15, 0.2) is 5.69 Å². The summed E-state index contributed by atoms with van der Waals surface area (Å²) in [5.74, 6) is -0.772. The molecule has 8 nitrogen and oxygen atoms in total. The summed E-state index contributed by atoms with van der Waals surface area (Å²) in [4.78, 5) is 37.6. The van der Waals surface area contributed by atoms with Gasteiger partial charge in [0.25, 0.3) is 5.56 Å². The molecule has 0 fully saturated rings. The molecule has 0 aliphatic heterocycles. The number of rotatable bonds is 7. The second kappa shape index (κ2) is 10.9. The number of esters is 1. The summed E-state index contributed by atoms with van der Waals surface area (Å²) in [7, 11) is 1.53. The first kappa shape index (κ1) is 25.6. The van der Waals surface area contributed by atoms with Crippen LogP contribution in [0.5, 0.6) is 5.75 Å². The van der Waals surface area contributed by atoms with Crippen molar-refractivity contribution in [3.63, 3.8) is 0 Å². The van der Waals surface area contributed by atoms with E-state index >= 15 is 0 Å². The molecule has 0 spiro atoms. The highest BCUT2D eigenvalue weighted by atomic mass is 16.5. The SMILES string of the molecule is CCOC(=O)C[C@H](NC(=O)Nc1c(O)c(C)cn(C)c1=O)c1cccc(-c2cc(C)cc(C)c2)c1. The Morgan fingerprint density at radius 1 is 1.06 bits per heavy atom. The van der Waals surface area contributed by atoms with Gasteiger partial charge in [0.05, 0.1) is 19.1 Å². The van der Waals surface area contributed by atoms with Crippen molar-refractivity contribution < 1.29 is 19.4 Å². The van der Waals surface area contributed by atoms with E-state index in [9.17, 15) is 19.5 Å². The van der Waals surface area contributed by atoms with Gasteiger partial charge in [-0.25, -0.2) is 4.79 Å². The van der Waals surface area contributed by atoms with E-state index in [4.69, 9.17) is 4.74 Å². The van der Waals surface area contributed by atoms with E-state index < -0.39 is 23.6 Å². The normalized spacial score (nSPS) is 11.6. The number of nitrogens with one attached hydrogen (secondary N) is 2. The highest BCUT2D eigenvalue weighted by molar-refractivity contribution is 5.91. The first-order chi connectivity index (χ1) is 16.6. The van der Waals surface area contributed by atoms with Crippen LogP contribution in [0.2, 0.25) is 0 Å². The van der Waals surface area contributed by atoms with Gasteiger partial charge in [0.1, 0.15) is 5.75 Å². The lowest BCUT2D eigenvalue weighted by atomic mass is 9.96. The largest absolute Gasteiger partial charge is 0.505 e. The predicted octanol–water partition coefficient (Wildman–Crippen LogP) is 4.50. The summed E-state index contributed by atoms with van der Waals surface area (Å²) < 4.78 is 6.38. The molecular weight excluding hydrogens is 446 g/mol. The average molecular weight is 478 g/mol. The highest BCUT2D eigenvalue weighted by Crippen LogP contribution is 2.27. The Kier molecular flexibility index (Phi) is 7.96. The van der Waals surface area contributed by atoms with Crippen molar-refractivity contribution in [2.75, 3.05) is 11.9 Å². The van der Waals surface area contributed by atoms with Gasteiger partial charge in [-0.2, -0.15) is 0 Å². The fourth-order valence-electron chi connectivity index (χ4n) is 4.02. The molecule has 0 saturated carbocycles. The van der Waals surface area contributed by atoms with Crippen molar-refractivity contribution in [3.8, 4) is 16.9 Å². The monoisotopic (exact) mass is 477 g/mol. The number of ether oxygens (including phenoxy) is 1. The Morgan fingerprint density at radius 3 is 2.40 bits per heavy atom. The van der Waals surface area contributed by atoms with Crippen LogP contribution in [-0.2, 0) is 16.6 Å². The second-order valence-corrected chi connectivity index (χ2v) is 8.61. The Balaban J connectivity index is 1.92. The number of benzene rings is 2. The Bertz CT molecular complexity index is 1290. The zero-order valence-electron chi connectivity index (χ0n) is 20.6. The number of amides is 2. The molecule has 184 valence electrons. The first-order valence-corrected chi connectivity index (χ1v) is 11.4. The van der Waals surface area contributed by atoms with Gasteiger partial charge in [-0.05, 0) is 50.5 Å². The molecule has 0 radical (unpaired) electrons. The molecule has 0 aliphatic carbocycles. The summed E-state index contributed by atoms with van der Waals surface area (Å²) in [6.45, 7) is 7.61. The number of aryl methyl sites for hydroxylation is 4. The number of pyridine rings is 1. The maximum Gasteiger partial charge on any atom is 0.319 e. The average Bonchev–Trinajstić information content (AvgIpc) is 2.80. The molecule has 2 amide bonds. The molecule has 0 saturated heterocycles. The van der Waals surface area contributed by atoms with Crippen LogP contribution in [0.3, 0.4) is 0 Å². The Hall–Kier alpha value is -4.07. The number of nitrogens with zero attached hydrogens (tertiary/aromatic N) is 1. The van der Waals surface area contributed by atoms with Crippen LogP contribution in [0.4, 0.5) is 10.5 Å². The van der Waals surface area contributed by atoms with Crippen molar-refractivity contribution >= 4 is 17.7 Å². The van der Waals surface area contributed by atoms with Gasteiger partial charge in [-0.3, -0.25) is 9.59 Å². The van der Waals surface area contributed by atoms with E-state index in [2.05, 4.69) is 28.8 Å². The molecule has 2 aromatic carbocycles. The van der Waals surface area contributed by atoms with E-state index in [-0.39, 0.29) is 24.5 Å².